The third-order valence-corrected chi connectivity index (χ3v) is 2.83. The van der Waals surface area contributed by atoms with Gasteiger partial charge < -0.3 is 10.6 Å². The van der Waals surface area contributed by atoms with Crippen molar-refractivity contribution in [2.75, 3.05) is 6.54 Å². The van der Waals surface area contributed by atoms with Gasteiger partial charge in [-0.15, -0.1) is 24.0 Å². The summed E-state index contributed by atoms with van der Waals surface area (Å²) in [6.07, 6.45) is 2.39. The van der Waals surface area contributed by atoms with E-state index in [1.54, 1.807) is 12.1 Å². The highest BCUT2D eigenvalue weighted by atomic mass is 127. The first-order chi connectivity index (χ1) is 9.19. The first-order valence-corrected chi connectivity index (χ1v) is 6.47. The van der Waals surface area contributed by atoms with Gasteiger partial charge in [-0.25, -0.2) is 4.99 Å². The zero-order chi connectivity index (χ0) is 13.7. The van der Waals surface area contributed by atoms with E-state index < -0.39 is 4.92 Å². The second-order valence-corrected chi connectivity index (χ2v) is 4.54. The minimum absolute atomic E-state index is 0. The monoisotopic (exact) mass is 390 g/mol. The molecule has 0 radical (unpaired) electrons. The Morgan fingerprint density at radius 3 is 2.55 bits per heavy atom. The van der Waals surface area contributed by atoms with Crippen molar-refractivity contribution in [3.8, 4) is 0 Å². The van der Waals surface area contributed by atoms with Gasteiger partial charge in [0.05, 0.1) is 11.5 Å². The van der Waals surface area contributed by atoms with Crippen molar-refractivity contribution in [2.45, 2.75) is 32.4 Å². The average molecular weight is 390 g/mol. The van der Waals surface area contributed by atoms with Crippen LogP contribution in [0.3, 0.4) is 0 Å². The van der Waals surface area contributed by atoms with E-state index >= 15 is 0 Å². The topological polar surface area (TPSA) is 79.6 Å². The van der Waals surface area contributed by atoms with Crippen LogP contribution in [-0.2, 0) is 6.54 Å². The van der Waals surface area contributed by atoms with Gasteiger partial charge in [0.15, 0.2) is 5.96 Å². The summed E-state index contributed by atoms with van der Waals surface area (Å²) in [6, 6.07) is 7.04. The first kappa shape index (κ1) is 16.7. The summed E-state index contributed by atoms with van der Waals surface area (Å²) < 4.78 is 0. The molecule has 1 aromatic rings. The van der Waals surface area contributed by atoms with Crippen LogP contribution in [-0.4, -0.2) is 23.5 Å². The number of hydrogen-bond donors (Lipinski definition) is 2. The van der Waals surface area contributed by atoms with Crippen LogP contribution in [0, 0.1) is 10.1 Å². The van der Waals surface area contributed by atoms with Crippen LogP contribution in [0.2, 0.25) is 0 Å². The largest absolute Gasteiger partial charge is 0.357 e. The van der Waals surface area contributed by atoms with Crippen LogP contribution in [0.5, 0.6) is 0 Å². The minimum atomic E-state index is -0.397. The van der Waals surface area contributed by atoms with E-state index in [4.69, 9.17) is 0 Å². The van der Waals surface area contributed by atoms with E-state index in [-0.39, 0.29) is 29.7 Å². The Morgan fingerprint density at radius 1 is 1.40 bits per heavy atom. The lowest BCUT2D eigenvalue weighted by Crippen LogP contribution is -2.38. The summed E-state index contributed by atoms with van der Waals surface area (Å²) in [6.45, 7) is 3.36. The Kier molecular flexibility index (Phi) is 6.69. The van der Waals surface area contributed by atoms with E-state index in [9.17, 15) is 10.1 Å². The predicted molar refractivity (Wildman–Crippen MR) is 89.5 cm³/mol. The van der Waals surface area contributed by atoms with Gasteiger partial charge in [0.1, 0.15) is 0 Å². The zero-order valence-corrected chi connectivity index (χ0v) is 13.7. The maximum atomic E-state index is 10.5. The van der Waals surface area contributed by atoms with Crippen LogP contribution >= 0.6 is 24.0 Å². The number of rotatable bonds is 5. The highest BCUT2D eigenvalue weighted by Gasteiger charge is 2.21. The Hall–Kier alpha value is -1.38. The number of nitro benzene ring substituents is 1. The van der Waals surface area contributed by atoms with Crippen LogP contribution in [0.25, 0.3) is 0 Å². The Morgan fingerprint density at radius 2 is 2.05 bits per heavy atom. The normalized spacial score (nSPS) is 14.3. The second-order valence-electron chi connectivity index (χ2n) is 4.54. The average Bonchev–Trinajstić information content (AvgIpc) is 3.21. The summed E-state index contributed by atoms with van der Waals surface area (Å²) in [7, 11) is 0. The van der Waals surface area contributed by atoms with Crippen LogP contribution in [0.4, 0.5) is 5.69 Å². The third kappa shape index (κ3) is 5.32. The fourth-order valence-corrected chi connectivity index (χ4v) is 1.63. The molecule has 6 nitrogen and oxygen atoms in total. The van der Waals surface area contributed by atoms with Gasteiger partial charge in [0.25, 0.3) is 5.69 Å². The predicted octanol–water partition coefficient (Wildman–Crippen LogP) is 2.43. The molecule has 20 heavy (non-hydrogen) atoms. The second kappa shape index (κ2) is 8.03. The van der Waals surface area contributed by atoms with Gasteiger partial charge >= 0.3 is 0 Å². The number of guanidine groups is 1. The van der Waals surface area contributed by atoms with Crippen molar-refractivity contribution in [1.29, 1.82) is 0 Å². The first-order valence-electron chi connectivity index (χ1n) is 6.47. The Balaban J connectivity index is 0.00000200. The van der Waals surface area contributed by atoms with Gasteiger partial charge in [-0.05, 0) is 25.3 Å². The highest BCUT2D eigenvalue weighted by molar-refractivity contribution is 14.0. The Labute approximate surface area is 135 Å². The van der Waals surface area contributed by atoms with E-state index in [1.165, 1.54) is 25.0 Å². The molecule has 110 valence electrons. The van der Waals surface area contributed by atoms with Crippen LogP contribution < -0.4 is 10.6 Å². The molecule has 1 saturated carbocycles. The molecule has 1 aromatic carbocycles. The molecule has 1 aliphatic rings. The number of aliphatic imine (C=N–C) groups is 1. The fraction of sp³-hybridized carbons (Fsp3) is 0.462. The summed E-state index contributed by atoms with van der Waals surface area (Å²) in [5.74, 6) is 0.809. The summed E-state index contributed by atoms with van der Waals surface area (Å²) in [5.41, 5.74) is 1.06. The molecule has 0 aliphatic heterocycles. The van der Waals surface area contributed by atoms with Crippen molar-refractivity contribution in [2.24, 2.45) is 4.99 Å². The van der Waals surface area contributed by atoms with Crippen molar-refractivity contribution < 1.29 is 4.92 Å². The van der Waals surface area contributed by atoms with Crippen molar-refractivity contribution in [3.05, 3.63) is 39.9 Å². The standard InChI is InChI=1S/C13H18N4O2.HI/c1-2-14-13(16-11-5-6-11)15-9-10-3-7-12(8-4-10)17(18)19;/h3-4,7-8,11H,2,5-6,9H2,1H3,(H2,14,15,16);1H. The molecule has 1 fully saturated rings. The third-order valence-electron chi connectivity index (χ3n) is 2.83. The van der Waals surface area contributed by atoms with E-state index in [0.717, 1.165) is 18.1 Å². The van der Waals surface area contributed by atoms with Crippen molar-refractivity contribution in [1.82, 2.24) is 10.6 Å². The number of halogens is 1. The van der Waals surface area contributed by atoms with Gasteiger partial charge in [0, 0.05) is 24.7 Å². The minimum Gasteiger partial charge on any atom is -0.357 e. The molecule has 0 saturated heterocycles. The Bertz CT molecular complexity index is 472. The van der Waals surface area contributed by atoms with Crippen molar-refractivity contribution >= 4 is 35.6 Å². The quantitative estimate of drug-likeness (QED) is 0.266. The number of nitrogens with one attached hydrogen (secondary N) is 2. The molecule has 0 bridgehead atoms. The molecular formula is C13H19IN4O2. The van der Waals surface area contributed by atoms with E-state index in [1.807, 2.05) is 6.92 Å². The van der Waals surface area contributed by atoms with Gasteiger partial charge in [-0.1, -0.05) is 12.1 Å². The van der Waals surface area contributed by atoms with Crippen molar-refractivity contribution in [3.63, 3.8) is 0 Å². The number of benzene rings is 1. The summed E-state index contributed by atoms with van der Waals surface area (Å²) >= 11 is 0. The van der Waals surface area contributed by atoms with Crippen LogP contribution in [0.1, 0.15) is 25.3 Å². The molecule has 0 amide bonds. The molecule has 0 heterocycles. The molecule has 2 N–H and O–H groups in total. The molecule has 2 rings (SSSR count). The van der Waals surface area contributed by atoms with E-state index in [2.05, 4.69) is 15.6 Å². The molecule has 7 heteroatoms. The molecular weight excluding hydrogens is 371 g/mol. The maximum absolute atomic E-state index is 10.5. The summed E-state index contributed by atoms with van der Waals surface area (Å²) in [5, 5.41) is 17.1. The fourth-order valence-electron chi connectivity index (χ4n) is 1.63. The smallest absolute Gasteiger partial charge is 0.269 e. The van der Waals surface area contributed by atoms with E-state index in [0.29, 0.717) is 12.6 Å². The van der Waals surface area contributed by atoms with Crippen LogP contribution in [0.15, 0.2) is 29.3 Å². The lowest BCUT2D eigenvalue weighted by atomic mass is 10.2. The van der Waals surface area contributed by atoms with Gasteiger partial charge in [-0.2, -0.15) is 0 Å². The molecule has 0 atom stereocenters. The number of nitro groups is 1. The SMILES string of the molecule is CCNC(=NCc1ccc([N+](=O)[O-])cc1)NC1CC1.I. The highest BCUT2D eigenvalue weighted by Crippen LogP contribution is 2.18. The number of hydrogen-bond acceptors (Lipinski definition) is 3. The zero-order valence-electron chi connectivity index (χ0n) is 11.3. The molecule has 0 aromatic heterocycles. The molecule has 1 aliphatic carbocycles. The summed E-state index contributed by atoms with van der Waals surface area (Å²) in [4.78, 5) is 14.6. The molecule has 0 spiro atoms. The molecule has 0 unspecified atom stereocenters. The van der Waals surface area contributed by atoms with Gasteiger partial charge in [0.2, 0.25) is 0 Å². The maximum Gasteiger partial charge on any atom is 0.269 e. The van der Waals surface area contributed by atoms with Gasteiger partial charge in [-0.3, -0.25) is 10.1 Å². The number of nitrogens with zero attached hydrogens (tertiary/aromatic N) is 2. The number of non-ortho nitro benzene ring substituents is 1. The lowest BCUT2D eigenvalue weighted by molar-refractivity contribution is -0.384. The lowest BCUT2D eigenvalue weighted by Gasteiger charge is -2.09.